The number of nitrogens with zero attached hydrogens (tertiary/aromatic N) is 1. The van der Waals surface area contributed by atoms with Gasteiger partial charge >= 0.3 is 5.97 Å². The first-order valence-electron chi connectivity index (χ1n) is 5.65. The third-order valence-electron chi connectivity index (χ3n) is 2.32. The first-order valence-corrected chi connectivity index (χ1v) is 5.65. The average Bonchev–Trinajstić information content (AvgIpc) is 2.42. The van der Waals surface area contributed by atoms with Gasteiger partial charge in [-0.2, -0.15) is 0 Å². The molecule has 7 nitrogen and oxygen atoms in total. The number of carbonyl (C=O) groups excluding carboxylic acids is 2. The maximum absolute atomic E-state index is 11.5. The van der Waals surface area contributed by atoms with Crippen molar-refractivity contribution in [3.63, 3.8) is 0 Å². The number of anilines is 1. The van der Waals surface area contributed by atoms with Crippen LogP contribution in [0.1, 0.15) is 6.92 Å². The lowest BCUT2D eigenvalue weighted by molar-refractivity contribution is -0.144. The second kappa shape index (κ2) is 7.20. The van der Waals surface area contributed by atoms with Crippen LogP contribution in [0.25, 0.3) is 0 Å². The van der Waals surface area contributed by atoms with Crippen molar-refractivity contribution >= 4 is 17.6 Å². The van der Waals surface area contributed by atoms with Crippen molar-refractivity contribution in [2.24, 2.45) is 0 Å². The largest absolute Gasteiger partial charge is 0.481 e. The molecule has 1 amide bonds. The molecule has 0 radical (unpaired) electrons. The highest BCUT2D eigenvalue weighted by molar-refractivity contribution is 5.83. The van der Waals surface area contributed by atoms with Crippen LogP contribution in [0.4, 0.5) is 5.69 Å². The summed E-state index contributed by atoms with van der Waals surface area (Å²) in [4.78, 5) is 26.5. The van der Waals surface area contributed by atoms with E-state index in [2.05, 4.69) is 20.4 Å². The van der Waals surface area contributed by atoms with Crippen molar-refractivity contribution in [3.8, 4) is 5.88 Å². The summed E-state index contributed by atoms with van der Waals surface area (Å²) in [5.41, 5.74) is 0.708. The first kappa shape index (κ1) is 14.7. The fourth-order valence-corrected chi connectivity index (χ4v) is 1.41. The van der Waals surface area contributed by atoms with Gasteiger partial charge in [-0.3, -0.25) is 4.79 Å². The lowest BCUT2D eigenvalue weighted by Crippen LogP contribution is -2.45. The summed E-state index contributed by atoms with van der Waals surface area (Å²) >= 11 is 0. The van der Waals surface area contributed by atoms with Crippen molar-refractivity contribution in [1.82, 2.24) is 10.3 Å². The van der Waals surface area contributed by atoms with Crippen LogP contribution in [0.5, 0.6) is 5.88 Å². The second-order valence-electron chi connectivity index (χ2n) is 3.75. The molecule has 1 aromatic heterocycles. The molecule has 0 aromatic carbocycles. The van der Waals surface area contributed by atoms with Crippen molar-refractivity contribution in [1.29, 1.82) is 0 Å². The Labute approximate surface area is 111 Å². The summed E-state index contributed by atoms with van der Waals surface area (Å²) < 4.78 is 9.54. The summed E-state index contributed by atoms with van der Waals surface area (Å²) in [6, 6.07) is 2.70. The summed E-state index contributed by atoms with van der Waals surface area (Å²) in [5.74, 6) is -0.314. The number of rotatable bonds is 6. The van der Waals surface area contributed by atoms with E-state index < -0.39 is 12.0 Å². The van der Waals surface area contributed by atoms with Crippen LogP contribution in [0.15, 0.2) is 18.3 Å². The van der Waals surface area contributed by atoms with Crippen LogP contribution in [0.2, 0.25) is 0 Å². The Kier molecular flexibility index (Phi) is 5.59. The molecule has 7 heteroatoms. The first-order chi connectivity index (χ1) is 9.06. The molecule has 1 aromatic rings. The van der Waals surface area contributed by atoms with E-state index in [4.69, 9.17) is 4.74 Å². The van der Waals surface area contributed by atoms with Crippen LogP contribution in [0, 0.1) is 0 Å². The van der Waals surface area contributed by atoms with Gasteiger partial charge in [0.2, 0.25) is 11.8 Å². The monoisotopic (exact) mass is 267 g/mol. The molecule has 0 saturated carbocycles. The van der Waals surface area contributed by atoms with E-state index in [9.17, 15) is 9.59 Å². The molecule has 0 fully saturated rings. The molecule has 0 saturated heterocycles. The van der Waals surface area contributed by atoms with Gasteiger partial charge in [-0.15, -0.1) is 0 Å². The number of ether oxygens (including phenoxy) is 2. The Bertz CT molecular complexity index is 433. The normalized spacial score (nSPS) is 11.3. The molecule has 0 aliphatic heterocycles. The van der Waals surface area contributed by atoms with Crippen LogP contribution < -0.4 is 15.4 Å². The summed E-state index contributed by atoms with van der Waals surface area (Å²) in [5, 5.41) is 5.49. The van der Waals surface area contributed by atoms with Gasteiger partial charge in [0.15, 0.2) is 0 Å². The minimum atomic E-state index is -0.746. The molecule has 0 aliphatic rings. The van der Waals surface area contributed by atoms with Crippen molar-refractivity contribution in [2.45, 2.75) is 13.0 Å². The number of hydrogen-bond donors (Lipinski definition) is 2. The molecule has 104 valence electrons. The smallest absolute Gasteiger partial charge is 0.330 e. The highest BCUT2D eigenvalue weighted by Crippen LogP contribution is 2.10. The zero-order valence-electron chi connectivity index (χ0n) is 11.1. The number of esters is 1. The van der Waals surface area contributed by atoms with Gasteiger partial charge in [0.05, 0.1) is 26.1 Å². The molecule has 1 heterocycles. The van der Waals surface area contributed by atoms with E-state index in [1.807, 2.05) is 0 Å². The molecule has 1 unspecified atom stereocenters. The van der Waals surface area contributed by atoms with Crippen LogP contribution in [-0.2, 0) is 14.3 Å². The Morgan fingerprint density at radius 1 is 1.37 bits per heavy atom. The van der Waals surface area contributed by atoms with Gasteiger partial charge in [0.1, 0.15) is 6.04 Å². The lowest BCUT2D eigenvalue weighted by Gasteiger charge is -2.16. The van der Waals surface area contributed by atoms with E-state index in [0.29, 0.717) is 11.6 Å². The minimum absolute atomic E-state index is 0.209. The van der Waals surface area contributed by atoms with E-state index in [1.54, 1.807) is 18.3 Å². The van der Waals surface area contributed by atoms with Crippen molar-refractivity contribution < 1.29 is 19.1 Å². The van der Waals surface area contributed by atoms with Gasteiger partial charge in [0.25, 0.3) is 0 Å². The molecule has 2 N–H and O–H groups in total. The fraction of sp³-hybridized carbons (Fsp3) is 0.417. The maximum atomic E-state index is 11.5. The highest BCUT2D eigenvalue weighted by Gasteiger charge is 2.19. The minimum Gasteiger partial charge on any atom is -0.481 e. The topological polar surface area (TPSA) is 89.6 Å². The fourth-order valence-electron chi connectivity index (χ4n) is 1.41. The number of methoxy groups -OCH3 is 2. The second-order valence-corrected chi connectivity index (χ2v) is 3.75. The van der Waals surface area contributed by atoms with E-state index in [0.717, 1.165) is 0 Å². The molecular weight excluding hydrogens is 250 g/mol. The molecule has 1 rings (SSSR count). The molecule has 0 bridgehead atoms. The Morgan fingerprint density at radius 2 is 2.11 bits per heavy atom. The standard InChI is InChI=1S/C12H17N3O4/c1-8(16)15-10(12(17)19-3)7-13-9-4-5-11(18-2)14-6-9/h4-6,10,13H,7H2,1-3H3,(H,15,16). The summed E-state index contributed by atoms with van der Waals surface area (Å²) in [6.07, 6.45) is 1.57. The van der Waals surface area contributed by atoms with Crippen LogP contribution in [-0.4, -0.2) is 43.7 Å². The quantitative estimate of drug-likeness (QED) is 0.715. The van der Waals surface area contributed by atoms with Gasteiger partial charge in [-0.1, -0.05) is 0 Å². The molecular formula is C12H17N3O4. The maximum Gasteiger partial charge on any atom is 0.330 e. The lowest BCUT2D eigenvalue weighted by atomic mass is 10.2. The SMILES string of the molecule is COC(=O)C(CNc1ccc(OC)nc1)NC(C)=O. The van der Waals surface area contributed by atoms with E-state index in [1.165, 1.54) is 21.1 Å². The third kappa shape index (κ3) is 4.82. The van der Waals surface area contributed by atoms with Gasteiger partial charge in [-0.25, -0.2) is 9.78 Å². The number of aromatic nitrogens is 1. The number of pyridine rings is 1. The highest BCUT2D eigenvalue weighted by atomic mass is 16.5. The number of hydrogen-bond acceptors (Lipinski definition) is 6. The third-order valence-corrected chi connectivity index (χ3v) is 2.32. The van der Waals surface area contributed by atoms with Crippen molar-refractivity contribution in [2.75, 3.05) is 26.1 Å². The van der Waals surface area contributed by atoms with Crippen LogP contribution in [0.3, 0.4) is 0 Å². The van der Waals surface area contributed by atoms with Gasteiger partial charge < -0.3 is 20.1 Å². The van der Waals surface area contributed by atoms with Gasteiger partial charge in [0, 0.05) is 19.5 Å². The Hall–Kier alpha value is -2.31. The van der Waals surface area contributed by atoms with Gasteiger partial charge in [-0.05, 0) is 6.07 Å². The number of carbonyl (C=O) groups is 2. The zero-order valence-corrected chi connectivity index (χ0v) is 11.1. The summed E-state index contributed by atoms with van der Waals surface area (Å²) in [7, 11) is 2.80. The van der Waals surface area contributed by atoms with Crippen molar-refractivity contribution in [3.05, 3.63) is 18.3 Å². The number of amides is 1. The zero-order chi connectivity index (χ0) is 14.3. The Morgan fingerprint density at radius 3 is 2.58 bits per heavy atom. The Balaban J connectivity index is 2.59. The predicted octanol–water partition coefficient (Wildman–Crippen LogP) is 0.180. The van der Waals surface area contributed by atoms with E-state index >= 15 is 0 Å². The van der Waals surface area contributed by atoms with Crippen LogP contribution >= 0.6 is 0 Å². The predicted molar refractivity (Wildman–Crippen MR) is 68.9 cm³/mol. The molecule has 1 atom stereocenters. The van der Waals surface area contributed by atoms with E-state index in [-0.39, 0.29) is 12.5 Å². The molecule has 0 spiro atoms. The number of nitrogens with one attached hydrogen (secondary N) is 2. The average molecular weight is 267 g/mol. The molecule has 19 heavy (non-hydrogen) atoms. The summed E-state index contributed by atoms with van der Waals surface area (Å²) in [6.45, 7) is 1.55. The molecule has 0 aliphatic carbocycles.